The van der Waals surface area contributed by atoms with E-state index < -0.39 is 15.9 Å². The Kier molecular flexibility index (Phi) is 7.55. The second kappa shape index (κ2) is 10.1. The van der Waals surface area contributed by atoms with Gasteiger partial charge >= 0.3 is 0 Å². The first-order chi connectivity index (χ1) is 14.4. The van der Waals surface area contributed by atoms with Gasteiger partial charge in [0.15, 0.2) is 0 Å². The summed E-state index contributed by atoms with van der Waals surface area (Å²) in [4.78, 5) is 12.4. The minimum absolute atomic E-state index is 0.0551. The van der Waals surface area contributed by atoms with Crippen LogP contribution < -0.4 is 5.32 Å². The third kappa shape index (κ3) is 5.86. The summed E-state index contributed by atoms with van der Waals surface area (Å²) < 4.78 is 32.6. The summed E-state index contributed by atoms with van der Waals surface area (Å²) in [6.07, 6.45) is 2.09. The zero-order chi connectivity index (χ0) is 21.6. The fraction of sp³-hybridized carbons (Fsp3) is 0.190. The number of hydrogen-bond acceptors (Lipinski definition) is 4. The molecule has 2 aromatic carbocycles. The number of sulfonamides is 1. The van der Waals surface area contributed by atoms with Crippen molar-refractivity contribution in [2.75, 3.05) is 13.1 Å². The SMILES string of the molecule is O=C(CN(Cc1ccco1)S(=O)(=O)c1ccc(Cl)c(Cl)c1)NCCc1ccccc1. The van der Waals surface area contributed by atoms with Crippen molar-refractivity contribution in [3.05, 3.63) is 88.3 Å². The summed E-state index contributed by atoms with van der Waals surface area (Å²) in [5.41, 5.74) is 1.08. The standard InChI is InChI=1S/C21H20Cl2N2O4S/c22-19-9-8-18(13-20(19)23)30(27,28)25(14-17-7-4-12-29-17)15-21(26)24-11-10-16-5-2-1-3-6-16/h1-9,12-13H,10-11,14-15H2,(H,24,26). The first-order valence-electron chi connectivity index (χ1n) is 9.14. The van der Waals surface area contributed by atoms with Crippen molar-refractivity contribution in [2.45, 2.75) is 17.9 Å². The lowest BCUT2D eigenvalue weighted by molar-refractivity contribution is -0.121. The summed E-state index contributed by atoms with van der Waals surface area (Å²) in [5, 5.41) is 3.12. The maximum Gasteiger partial charge on any atom is 0.244 e. The molecule has 6 nitrogen and oxygen atoms in total. The zero-order valence-corrected chi connectivity index (χ0v) is 18.3. The molecule has 30 heavy (non-hydrogen) atoms. The summed E-state index contributed by atoms with van der Waals surface area (Å²) >= 11 is 11.9. The molecule has 0 saturated heterocycles. The molecule has 1 amide bonds. The normalized spacial score (nSPS) is 11.6. The minimum Gasteiger partial charge on any atom is -0.468 e. The van der Waals surface area contributed by atoms with E-state index in [1.807, 2.05) is 30.3 Å². The maximum atomic E-state index is 13.2. The molecule has 1 N–H and O–H groups in total. The van der Waals surface area contributed by atoms with E-state index in [2.05, 4.69) is 5.32 Å². The molecule has 0 fully saturated rings. The quantitative estimate of drug-likeness (QED) is 0.513. The number of nitrogens with zero attached hydrogens (tertiary/aromatic N) is 1. The highest BCUT2D eigenvalue weighted by Crippen LogP contribution is 2.27. The Morgan fingerprint density at radius 1 is 1.00 bits per heavy atom. The molecule has 0 saturated carbocycles. The van der Waals surface area contributed by atoms with E-state index in [4.69, 9.17) is 27.6 Å². The molecule has 3 rings (SSSR count). The number of benzene rings is 2. The van der Waals surface area contributed by atoms with E-state index in [0.29, 0.717) is 18.7 Å². The average Bonchev–Trinajstić information content (AvgIpc) is 3.23. The fourth-order valence-corrected chi connectivity index (χ4v) is 4.55. The lowest BCUT2D eigenvalue weighted by atomic mass is 10.1. The van der Waals surface area contributed by atoms with Gasteiger partial charge in [-0.15, -0.1) is 0 Å². The number of rotatable bonds is 9. The van der Waals surface area contributed by atoms with Crippen molar-refractivity contribution >= 4 is 39.1 Å². The Labute approximate surface area is 185 Å². The van der Waals surface area contributed by atoms with E-state index in [0.717, 1.165) is 9.87 Å². The van der Waals surface area contributed by atoms with Crippen molar-refractivity contribution in [3.8, 4) is 0 Å². The van der Waals surface area contributed by atoms with Crippen LogP contribution in [0.3, 0.4) is 0 Å². The maximum absolute atomic E-state index is 13.2. The molecule has 0 aliphatic rings. The highest BCUT2D eigenvalue weighted by Gasteiger charge is 2.28. The molecule has 0 unspecified atom stereocenters. The van der Waals surface area contributed by atoms with Crippen LogP contribution in [-0.4, -0.2) is 31.7 Å². The first kappa shape index (κ1) is 22.4. The Balaban J connectivity index is 1.73. The lowest BCUT2D eigenvalue weighted by Crippen LogP contribution is -2.40. The van der Waals surface area contributed by atoms with Crippen molar-refractivity contribution in [1.29, 1.82) is 0 Å². The monoisotopic (exact) mass is 466 g/mol. The van der Waals surface area contributed by atoms with E-state index in [-0.39, 0.29) is 28.0 Å². The predicted octanol–water partition coefficient (Wildman–Crippen LogP) is 4.14. The van der Waals surface area contributed by atoms with Crippen LogP contribution >= 0.6 is 23.2 Å². The number of carbonyl (C=O) groups excluding carboxylic acids is 1. The topological polar surface area (TPSA) is 79.6 Å². The van der Waals surface area contributed by atoms with Crippen LogP contribution in [0, 0.1) is 0 Å². The lowest BCUT2D eigenvalue weighted by Gasteiger charge is -2.21. The number of carbonyl (C=O) groups is 1. The molecule has 0 spiro atoms. The molecule has 0 atom stereocenters. The zero-order valence-electron chi connectivity index (χ0n) is 15.9. The largest absolute Gasteiger partial charge is 0.468 e. The highest BCUT2D eigenvalue weighted by atomic mass is 35.5. The van der Waals surface area contributed by atoms with Crippen LogP contribution in [0.2, 0.25) is 10.0 Å². The Morgan fingerprint density at radius 3 is 2.43 bits per heavy atom. The van der Waals surface area contributed by atoms with Crippen LogP contribution in [0.4, 0.5) is 0 Å². The van der Waals surface area contributed by atoms with Crippen LogP contribution in [0.25, 0.3) is 0 Å². The van der Waals surface area contributed by atoms with Crippen LogP contribution in [0.15, 0.2) is 76.2 Å². The van der Waals surface area contributed by atoms with Crippen molar-refractivity contribution < 1.29 is 17.6 Å². The summed E-state index contributed by atoms with van der Waals surface area (Å²) in [7, 11) is -4.02. The number of hydrogen-bond donors (Lipinski definition) is 1. The van der Waals surface area contributed by atoms with Crippen LogP contribution in [0.1, 0.15) is 11.3 Å². The molecule has 158 valence electrons. The van der Waals surface area contributed by atoms with E-state index in [1.54, 1.807) is 12.1 Å². The van der Waals surface area contributed by atoms with Gasteiger partial charge in [-0.2, -0.15) is 4.31 Å². The van der Waals surface area contributed by atoms with Crippen LogP contribution in [-0.2, 0) is 27.8 Å². The third-order valence-corrected chi connectivity index (χ3v) is 6.87. The second-order valence-electron chi connectivity index (χ2n) is 6.51. The van der Waals surface area contributed by atoms with Gasteiger partial charge in [-0.1, -0.05) is 53.5 Å². The number of amides is 1. The van der Waals surface area contributed by atoms with Gasteiger partial charge < -0.3 is 9.73 Å². The van der Waals surface area contributed by atoms with E-state index in [1.165, 1.54) is 24.5 Å². The van der Waals surface area contributed by atoms with Gasteiger partial charge in [-0.05, 0) is 42.3 Å². The Hall–Kier alpha value is -2.32. The molecule has 0 aliphatic heterocycles. The fourth-order valence-electron chi connectivity index (χ4n) is 2.80. The predicted molar refractivity (Wildman–Crippen MR) is 116 cm³/mol. The summed E-state index contributed by atoms with van der Waals surface area (Å²) in [5.74, 6) is -0.00292. The van der Waals surface area contributed by atoms with Gasteiger partial charge in [0, 0.05) is 6.54 Å². The minimum atomic E-state index is -4.02. The number of nitrogens with one attached hydrogen (secondary N) is 1. The Bertz CT molecular complexity index is 1090. The first-order valence-corrected chi connectivity index (χ1v) is 11.3. The molecular formula is C21H20Cl2N2O4S. The molecule has 0 aliphatic carbocycles. The molecule has 0 radical (unpaired) electrons. The van der Waals surface area contributed by atoms with Gasteiger partial charge in [-0.3, -0.25) is 4.79 Å². The highest BCUT2D eigenvalue weighted by molar-refractivity contribution is 7.89. The van der Waals surface area contributed by atoms with Gasteiger partial charge in [0.2, 0.25) is 15.9 Å². The van der Waals surface area contributed by atoms with Crippen LogP contribution in [0.5, 0.6) is 0 Å². The van der Waals surface area contributed by atoms with Gasteiger partial charge in [0.25, 0.3) is 0 Å². The molecule has 0 bridgehead atoms. The molecule has 9 heteroatoms. The number of halogens is 2. The van der Waals surface area contributed by atoms with E-state index in [9.17, 15) is 13.2 Å². The van der Waals surface area contributed by atoms with Crippen molar-refractivity contribution in [2.24, 2.45) is 0 Å². The smallest absolute Gasteiger partial charge is 0.244 e. The molecule has 1 aromatic heterocycles. The van der Waals surface area contributed by atoms with E-state index >= 15 is 0 Å². The van der Waals surface area contributed by atoms with Gasteiger partial charge in [0.05, 0.1) is 34.3 Å². The van der Waals surface area contributed by atoms with Gasteiger partial charge in [0.1, 0.15) is 5.76 Å². The summed E-state index contributed by atoms with van der Waals surface area (Å²) in [6, 6.07) is 17.0. The number of furan rings is 1. The molecule has 3 aromatic rings. The molecular weight excluding hydrogens is 447 g/mol. The average molecular weight is 467 g/mol. The van der Waals surface area contributed by atoms with Crippen molar-refractivity contribution in [3.63, 3.8) is 0 Å². The van der Waals surface area contributed by atoms with Gasteiger partial charge in [-0.25, -0.2) is 8.42 Å². The summed E-state index contributed by atoms with van der Waals surface area (Å²) in [6.45, 7) is -0.0655. The molecule has 1 heterocycles. The second-order valence-corrected chi connectivity index (χ2v) is 9.27. The van der Waals surface area contributed by atoms with Crippen molar-refractivity contribution in [1.82, 2.24) is 9.62 Å². The third-order valence-electron chi connectivity index (χ3n) is 4.34. The Morgan fingerprint density at radius 2 is 1.77 bits per heavy atom.